The van der Waals surface area contributed by atoms with Crippen LogP contribution in [-0.4, -0.2) is 63.4 Å². The largest absolute Gasteiger partial charge is 0.497 e. The number of benzene rings is 2. The van der Waals surface area contributed by atoms with E-state index in [0.29, 0.717) is 44.7 Å². The van der Waals surface area contributed by atoms with E-state index in [-0.39, 0.29) is 10.8 Å². The minimum absolute atomic E-state index is 0.153. The molecular formula is C26H34N2O5S. The Bertz CT molecular complexity index is 1060. The number of rotatable bonds is 8. The smallest absolute Gasteiger partial charge is 0.243 e. The maximum absolute atomic E-state index is 13.3. The monoisotopic (exact) mass is 486 g/mol. The normalized spacial score (nSPS) is 18.9. The molecule has 0 saturated carbocycles. The number of carbonyl (C=O) groups excluding carboxylic acids is 1. The second-order valence-electron chi connectivity index (χ2n) is 9.30. The quantitative estimate of drug-likeness (QED) is 0.565. The van der Waals surface area contributed by atoms with Gasteiger partial charge in [-0.1, -0.05) is 24.3 Å². The molecule has 2 saturated heterocycles. The molecule has 0 aliphatic carbocycles. The Balaban J connectivity index is 1.49. The summed E-state index contributed by atoms with van der Waals surface area (Å²) in [6, 6.07) is 16.1. The Kier molecular flexibility index (Phi) is 7.78. The Morgan fingerprint density at radius 3 is 2.26 bits per heavy atom. The Labute approximate surface area is 202 Å². The number of piperidine rings is 2. The summed E-state index contributed by atoms with van der Waals surface area (Å²) in [5.41, 5.74) is -0.398. The highest BCUT2D eigenvalue weighted by Crippen LogP contribution is 2.38. The SMILES string of the molecule is COc1cccc(S(=O)(=O)N2CCC(COc3ccccc3)(CC(=O)N3CCCCC3)CC2)c1. The van der Waals surface area contributed by atoms with Gasteiger partial charge in [-0.25, -0.2) is 8.42 Å². The van der Waals surface area contributed by atoms with Gasteiger partial charge in [-0.15, -0.1) is 0 Å². The standard InChI is InChI=1S/C26H34N2O5S/c1-32-23-11-8-12-24(19-23)34(30,31)28-17-13-26(14-18-28,21-33-22-9-4-2-5-10-22)20-25(29)27-15-6-3-7-16-27/h2,4-5,8-12,19H,3,6-7,13-18,20-21H2,1H3. The summed E-state index contributed by atoms with van der Waals surface area (Å²) >= 11 is 0. The van der Waals surface area contributed by atoms with E-state index in [4.69, 9.17) is 9.47 Å². The zero-order valence-electron chi connectivity index (χ0n) is 19.8. The third-order valence-corrected chi connectivity index (χ3v) is 8.88. The highest BCUT2D eigenvalue weighted by molar-refractivity contribution is 7.89. The van der Waals surface area contributed by atoms with Crippen LogP contribution in [0, 0.1) is 5.41 Å². The lowest BCUT2D eigenvalue weighted by molar-refractivity contribution is -0.136. The predicted molar refractivity (Wildman–Crippen MR) is 130 cm³/mol. The summed E-state index contributed by atoms with van der Waals surface area (Å²) in [7, 11) is -2.12. The summed E-state index contributed by atoms with van der Waals surface area (Å²) < 4.78 is 39.4. The number of amides is 1. The molecule has 1 amide bonds. The molecule has 4 rings (SSSR count). The van der Waals surface area contributed by atoms with Crippen molar-refractivity contribution < 1.29 is 22.7 Å². The number of nitrogens with zero attached hydrogens (tertiary/aromatic N) is 2. The van der Waals surface area contributed by atoms with Gasteiger partial charge in [0.15, 0.2) is 0 Å². The van der Waals surface area contributed by atoms with Crippen LogP contribution in [0.25, 0.3) is 0 Å². The summed E-state index contributed by atoms with van der Waals surface area (Å²) in [4.78, 5) is 15.4. The molecule has 2 fully saturated rings. The van der Waals surface area contributed by atoms with E-state index in [1.165, 1.54) is 17.8 Å². The van der Waals surface area contributed by atoms with Crippen molar-refractivity contribution in [1.29, 1.82) is 0 Å². The van der Waals surface area contributed by atoms with Gasteiger partial charge in [0, 0.05) is 44.1 Å². The van der Waals surface area contributed by atoms with Crippen molar-refractivity contribution in [3.05, 3.63) is 54.6 Å². The molecule has 0 aromatic heterocycles. The maximum atomic E-state index is 13.3. The number of carbonyl (C=O) groups is 1. The van der Waals surface area contributed by atoms with Gasteiger partial charge >= 0.3 is 0 Å². The molecule has 0 radical (unpaired) electrons. The van der Waals surface area contributed by atoms with Crippen molar-refractivity contribution in [2.45, 2.75) is 43.4 Å². The van der Waals surface area contributed by atoms with E-state index in [9.17, 15) is 13.2 Å². The average Bonchev–Trinajstić information content (AvgIpc) is 2.89. The molecule has 0 atom stereocenters. The maximum Gasteiger partial charge on any atom is 0.243 e. The molecule has 2 aromatic rings. The Hall–Kier alpha value is -2.58. The first kappa shape index (κ1) is 24.5. The summed E-state index contributed by atoms with van der Waals surface area (Å²) in [5, 5.41) is 0. The highest BCUT2D eigenvalue weighted by atomic mass is 32.2. The van der Waals surface area contributed by atoms with Crippen LogP contribution >= 0.6 is 0 Å². The van der Waals surface area contributed by atoms with Crippen LogP contribution in [0.15, 0.2) is 59.5 Å². The summed E-state index contributed by atoms with van der Waals surface area (Å²) in [6.45, 7) is 2.72. The van der Waals surface area contributed by atoms with Crippen LogP contribution < -0.4 is 9.47 Å². The van der Waals surface area contributed by atoms with Crippen molar-refractivity contribution in [2.75, 3.05) is 39.9 Å². The van der Waals surface area contributed by atoms with Gasteiger partial charge in [-0.05, 0) is 56.4 Å². The van der Waals surface area contributed by atoms with Gasteiger partial charge in [0.25, 0.3) is 0 Å². The molecular weight excluding hydrogens is 452 g/mol. The van der Waals surface area contributed by atoms with E-state index in [0.717, 1.165) is 31.7 Å². The Morgan fingerprint density at radius 1 is 0.912 bits per heavy atom. The van der Waals surface area contributed by atoms with Crippen LogP contribution in [0.1, 0.15) is 38.5 Å². The summed E-state index contributed by atoms with van der Waals surface area (Å²) in [5.74, 6) is 1.43. The van der Waals surface area contributed by atoms with E-state index >= 15 is 0 Å². The molecule has 34 heavy (non-hydrogen) atoms. The molecule has 2 aliphatic rings. The van der Waals surface area contributed by atoms with Crippen molar-refractivity contribution in [3.8, 4) is 11.5 Å². The molecule has 8 heteroatoms. The number of para-hydroxylation sites is 1. The average molecular weight is 487 g/mol. The molecule has 0 bridgehead atoms. The lowest BCUT2D eigenvalue weighted by atomic mass is 9.76. The Morgan fingerprint density at radius 2 is 1.59 bits per heavy atom. The number of hydrogen-bond donors (Lipinski definition) is 0. The molecule has 184 valence electrons. The number of hydrogen-bond acceptors (Lipinski definition) is 5. The van der Waals surface area contributed by atoms with Gasteiger partial charge in [-0.3, -0.25) is 4.79 Å². The number of sulfonamides is 1. The molecule has 7 nitrogen and oxygen atoms in total. The first-order chi connectivity index (χ1) is 16.4. The molecule has 2 heterocycles. The predicted octanol–water partition coefficient (Wildman–Crippen LogP) is 3.95. The molecule has 2 aliphatic heterocycles. The zero-order valence-corrected chi connectivity index (χ0v) is 20.6. The van der Waals surface area contributed by atoms with E-state index in [1.54, 1.807) is 24.3 Å². The van der Waals surface area contributed by atoms with Gasteiger partial charge in [0.05, 0.1) is 18.6 Å². The minimum Gasteiger partial charge on any atom is -0.497 e. The fourth-order valence-electron chi connectivity index (χ4n) is 4.81. The van der Waals surface area contributed by atoms with Crippen LogP contribution in [0.2, 0.25) is 0 Å². The van der Waals surface area contributed by atoms with Gasteiger partial charge in [0.1, 0.15) is 11.5 Å². The molecule has 0 unspecified atom stereocenters. The van der Waals surface area contributed by atoms with Gasteiger partial charge < -0.3 is 14.4 Å². The van der Waals surface area contributed by atoms with Crippen LogP contribution in [0.5, 0.6) is 11.5 Å². The molecule has 2 aromatic carbocycles. The topological polar surface area (TPSA) is 76.1 Å². The van der Waals surface area contributed by atoms with Crippen molar-refractivity contribution >= 4 is 15.9 Å². The van der Waals surface area contributed by atoms with E-state index in [2.05, 4.69) is 0 Å². The fraction of sp³-hybridized carbons (Fsp3) is 0.500. The number of ether oxygens (including phenoxy) is 2. The van der Waals surface area contributed by atoms with Gasteiger partial charge in [-0.2, -0.15) is 4.31 Å². The third kappa shape index (κ3) is 5.73. The first-order valence-electron chi connectivity index (χ1n) is 12.0. The highest BCUT2D eigenvalue weighted by Gasteiger charge is 2.41. The lowest BCUT2D eigenvalue weighted by Crippen LogP contribution is -2.48. The number of methoxy groups -OCH3 is 1. The van der Waals surface area contributed by atoms with Crippen LogP contribution in [-0.2, 0) is 14.8 Å². The number of likely N-dealkylation sites (tertiary alicyclic amines) is 1. The third-order valence-electron chi connectivity index (χ3n) is 6.99. The zero-order chi connectivity index (χ0) is 24.0. The van der Waals surface area contributed by atoms with Crippen molar-refractivity contribution in [2.24, 2.45) is 5.41 Å². The molecule has 0 N–H and O–H groups in total. The van der Waals surface area contributed by atoms with E-state index in [1.807, 2.05) is 35.2 Å². The second-order valence-corrected chi connectivity index (χ2v) is 11.2. The van der Waals surface area contributed by atoms with Crippen LogP contribution in [0.4, 0.5) is 0 Å². The second kappa shape index (κ2) is 10.8. The molecule has 0 spiro atoms. The lowest BCUT2D eigenvalue weighted by Gasteiger charge is -2.42. The van der Waals surface area contributed by atoms with Gasteiger partial charge in [0.2, 0.25) is 15.9 Å². The summed E-state index contributed by atoms with van der Waals surface area (Å²) in [6.07, 6.45) is 4.79. The minimum atomic E-state index is -3.64. The van der Waals surface area contributed by atoms with Crippen molar-refractivity contribution in [3.63, 3.8) is 0 Å². The van der Waals surface area contributed by atoms with Crippen LogP contribution in [0.3, 0.4) is 0 Å². The van der Waals surface area contributed by atoms with Crippen molar-refractivity contribution in [1.82, 2.24) is 9.21 Å². The first-order valence-corrected chi connectivity index (χ1v) is 13.5. The fourth-order valence-corrected chi connectivity index (χ4v) is 6.29. The van der Waals surface area contributed by atoms with E-state index < -0.39 is 15.4 Å².